The molecule has 7 rings (SSSR count). The van der Waals surface area contributed by atoms with Gasteiger partial charge in [-0.15, -0.1) is 0 Å². The molecular weight excluding hydrogens is 452 g/mol. The molecule has 5 nitrogen and oxygen atoms in total. The highest BCUT2D eigenvalue weighted by atomic mass is 32.1. The second-order valence-corrected chi connectivity index (χ2v) is 12.1. The van der Waals surface area contributed by atoms with E-state index in [2.05, 4.69) is 66.6 Å². The number of nitrogens with one attached hydrogen (secondary N) is 1. The van der Waals surface area contributed by atoms with Gasteiger partial charge < -0.3 is 14.7 Å². The molecule has 4 heterocycles. The van der Waals surface area contributed by atoms with Gasteiger partial charge in [-0.1, -0.05) is 28.6 Å². The molecule has 1 saturated carbocycles. The summed E-state index contributed by atoms with van der Waals surface area (Å²) in [7, 11) is 0. The molecule has 180 valence electrons. The van der Waals surface area contributed by atoms with Crippen LogP contribution < -0.4 is 10.2 Å². The van der Waals surface area contributed by atoms with Gasteiger partial charge in [-0.3, -0.25) is 0 Å². The van der Waals surface area contributed by atoms with Crippen LogP contribution in [0.5, 0.6) is 0 Å². The first-order valence-corrected chi connectivity index (χ1v) is 13.8. The first-order valence-electron chi connectivity index (χ1n) is 12.9. The summed E-state index contributed by atoms with van der Waals surface area (Å²) in [5.74, 6) is 1.69. The highest BCUT2D eigenvalue weighted by Crippen LogP contribution is 2.55. The third-order valence-corrected chi connectivity index (χ3v) is 9.40. The molecular formula is C29H32N4OS. The van der Waals surface area contributed by atoms with Crippen molar-refractivity contribution < 1.29 is 4.52 Å². The van der Waals surface area contributed by atoms with Crippen LogP contribution in [0.25, 0.3) is 21.4 Å². The van der Waals surface area contributed by atoms with Crippen molar-refractivity contribution in [3.63, 3.8) is 0 Å². The molecule has 0 unspecified atom stereocenters. The number of fused-ring (bicyclic) bond motifs is 1. The van der Waals surface area contributed by atoms with Crippen molar-refractivity contribution in [2.24, 2.45) is 5.41 Å². The largest absolute Gasteiger partial charge is 0.387 e. The fraction of sp³-hybridized carbons (Fsp3) is 0.448. The summed E-state index contributed by atoms with van der Waals surface area (Å²) in [6, 6.07) is 6.57. The van der Waals surface area contributed by atoms with E-state index in [1.807, 2.05) is 11.3 Å². The summed E-state index contributed by atoms with van der Waals surface area (Å²) in [5, 5.41) is 9.21. The van der Waals surface area contributed by atoms with Crippen LogP contribution in [-0.2, 0) is 0 Å². The van der Waals surface area contributed by atoms with E-state index in [9.17, 15) is 0 Å². The summed E-state index contributed by atoms with van der Waals surface area (Å²) < 4.78 is 7.32. The number of nitrogens with zero attached hydrogens (tertiary/aromatic N) is 3. The maximum atomic E-state index is 6.03. The molecule has 2 fully saturated rings. The third-order valence-electron chi connectivity index (χ3n) is 8.32. The summed E-state index contributed by atoms with van der Waals surface area (Å²) in [6.07, 6.45) is 10.7. The van der Waals surface area contributed by atoms with Gasteiger partial charge in [-0.2, -0.15) is 0 Å². The molecule has 3 aromatic rings. The Morgan fingerprint density at radius 2 is 1.94 bits per heavy atom. The van der Waals surface area contributed by atoms with Crippen LogP contribution in [0, 0.1) is 12.3 Å². The van der Waals surface area contributed by atoms with Crippen molar-refractivity contribution in [1.29, 1.82) is 0 Å². The normalized spacial score (nSPS) is 21.7. The number of rotatable bonds is 4. The smallest absolute Gasteiger partial charge is 0.186 e. The summed E-state index contributed by atoms with van der Waals surface area (Å²) in [5.41, 5.74) is 10.5. The average Bonchev–Trinajstić information content (AvgIpc) is 3.44. The minimum Gasteiger partial charge on any atom is -0.387 e. The van der Waals surface area contributed by atoms with Crippen molar-refractivity contribution in [3.8, 4) is 0 Å². The minimum atomic E-state index is 0.316. The standard InChI is InChI=1S/C29H32N4OS/c1-17-4-7-22-23(12-17)35-28(31-22)33-10-8-29(9-11-33)13-21(14-29)25-26(32-34-27(25)20-5-6-20)24-18(2)15-30-16-19(24)3/h4,7,12-13,15,20,30H,5-6,8-11,14,16H2,1-3H3. The van der Waals surface area contributed by atoms with E-state index in [-0.39, 0.29) is 0 Å². The summed E-state index contributed by atoms with van der Waals surface area (Å²) in [4.78, 5) is 7.43. The first-order chi connectivity index (χ1) is 17.0. The molecule has 2 aliphatic carbocycles. The number of hydrogen-bond acceptors (Lipinski definition) is 6. The molecule has 2 aliphatic heterocycles. The van der Waals surface area contributed by atoms with Crippen molar-refractivity contribution in [2.75, 3.05) is 24.5 Å². The van der Waals surface area contributed by atoms with Crippen LogP contribution in [-0.4, -0.2) is 29.8 Å². The minimum absolute atomic E-state index is 0.316. The van der Waals surface area contributed by atoms with Crippen molar-refractivity contribution >= 4 is 37.8 Å². The lowest BCUT2D eigenvalue weighted by Crippen LogP contribution is -2.42. The van der Waals surface area contributed by atoms with E-state index >= 15 is 0 Å². The second-order valence-electron chi connectivity index (χ2n) is 11.1. The van der Waals surface area contributed by atoms with Crippen molar-refractivity contribution in [3.05, 3.63) is 64.2 Å². The lowest BCUT2D eigenvalue weighted by Gasteiger charge is -2.46. The predicted octanol–water partition coefficient (Wildman–Crippen LogP) is 6.82. The second kappa shape index (κ2) is 7.82. The fourth-order valence-corrected chi connectivity index (χ4v) is 7.27. The van der Waals surface area contributed by atoms with Gasteiger partial charge in [0.15, 0.2) is 5.13 Å². The fourth-order valence-electron chi connectivity index (χ4n) is 6.15. The van der Waals surface area contributed by atoms with Gasteiger partial charge in [-0.25, -0.2) is 4.98 Å². The molecule has 0 atom stereocenters. The molecule has 1 saturated heterocycles. The van der Waals surface area contributed by atoms with E-state index in [1.165, 1.54) is 68.9 Å². The Kier molecular flexibility index (Phi) is 4.79. The Balaban J connectivity index is 1.15. The molecule has 6 heteroatoms. The van der Waals surface area contributed by atoms with Crippen molar-refractivity contribution in [2.45, 2.75) is 58.8 Å². The summed E-state index contributed by atoms with van der Waals surface area (Å²) in [6.45, 7) is 9.57. The van der Waals surface area contributed by atoms with Crippen LogP contribution >= 0.6 is 11.3 Å². The zero-order valence-corrected chi connectivity index (χ0v) is 21.6. The lowest BCUT2D eigenvalue weighted by molar-refractivity contribution is 0.277. The molecule has 0 amide bonds. The molecule has 2 aromatic heterocycles. The Morgan fingerprint density at radius 3 is 2.69 bits per heavy atom. The SMILES string of the molecule is CC1=CNCC(C)=C1c1noc(C2CC2)c1C1=CC2(CCN(c3nc4ccc(C)cc4s3)CC2)C1. The average molecular weight is 485 g/mol. The molecule has 0 radical (unpaired) electrons. The van der Waals surface area contributed by atoms with E-state index < -0.39 is 0 Å². The maximum absolute atomic E-state index is 6.03. The molecule has 1 spiro atoms. The Morgan fingerprint density at radius 1 is 1.14 bits per heavy atom. The topological polar surface area (TPSA) is 54.2 Å². The van der Waals surface area contributed by atoms with Gasteiger partial charge >= 0.3 is 0 Å². The zero-order valence-electron chi connectivity index (χ0n) is 20.8. The number of dihydropyridines is 1. The molecule has 35 heavy (non-hydrogen) atoms. The van der Waals surface area contributed by atoms with Gasteiger partial charge in [-0.05, 0) is 92.7 Å². The monoisotopic (exact) mass is 484 g/mol. The number of piperidine rings is 1. The van der Waals surface area contributed by atoms with E-state index in [1.54, 1.807) is 0 Å². The number of allylic oxidation sites excluding steroid dienone is 4. The van der Waals surface area contributed by atoms with Crippen LogP contribution in [0.4, 0.5) is 5.13 Å². The molecule has 1 N–H and O–H groups in total. The number of thiazole rings is 1. The third kappa shape index (κ3) is 3.56. The van der Waals surface area contributed by atoms with Gasteiger partial charge in [0.2, 0.25) is 0 Å². The van der Waals surface area contributed by atoms with Crippen LogP contribution in [0.2, 0.25) is 0 Å². The quantitative estimate of drug-likeness (QED) is 0.440. The number of hydrogen-bond donors (Lipinski definition) is 1. The molecule has 4 aliphatic rings. The lowest BCUT2D eigenvalue weighted by atomic mass is 9.63. The Hall–Kier alpha value is -2.86. The van der Waals surface area contributed by atoms with E-state index in [0.29, 0.717) is 11.3 Å². The van der Waals surface area contributed by atoms with Gasteiger partial charge in [0.25, 0.3) is 0 Å². The van der Waals surface area contributed by atoms with Crippen LogP contribution in [0.3, 0.4) is 0 Å². The highest BCUT2D eigenvalue weighted by Gasteiger charge is 2.44. The van der Waals surface area contributed by atoms with Gasteiger partial charge in [0.05, 0.1) is 10.2 Å². The van der Waals surface area contributed by atoms with Crippen LogP contribution in [0.15, 0.2) is 46.1 Å². The van der Waals surface area contributed by atoms with Crippen LogP contribution in [0.1, 0.15) is 74.5 Å². The molecule has 1 aromatic carbocycles. The molecule has 0 bridgehead atoms. The number of benzene rings is 1. The maximum Gasteiger partial charge on any atom is 0.186 e. The zero-order chi connectivity index (χ0) is 23.7. The van der Waals surface area contributed by atoms with Gasteiger partial charge in [0, 0.05) is 42.9 Å². The van der Waals surface area contributed by atoms with E-state index in [4.69, 9.17) is 9.51 Å². The highest BCUT2D eigenvalue weighted by molar-refractivity contribution is 7.22. The first kappa shape index (κ1) is 21.4. The number of anilines is 1. The number of aryl methyl sites for hydroxylation is 1. The Labute approximate surface area is 210 Å². The van der Waals surface area contributed by atoms with Gasteiger partial charge in [0.1, 0.15) is 11.5 Å². The Bertz CT molecular complexity index is 1430. The predicted molar refractivity (Wildman–Crippen MR) is 144 cm³/mol. The van der Waals surface area contributed by atoms with Crippen molar-refractivity contribution in [1.82, 2.24) is 15.5 Å². The van der Waals surface area contributed by atoms with E-state index in [0.717, 1.165) is 43.0 Å². The summed E-state index contributed by atoms with van der Waals surface area (Å²) >= 11 is 1.84. The number of aromatic nitrogens is 2.